The first-order valence-electron chi connectivity index (χ1n) is 9.94. The second kappa shape index (κ2) is 7.42. The fourth-order valence-corrected chi connectivity index (χ4v) is 4.70. The molecule has 1 aliphatic rings. The van der Waals surface area contributed by atoms with Crippen LogP contribution in [0.3, 0.4) is 0 Å². The van der Waals surface area contributed by atoms with E-state index in [0.29, 0.717) is 17.4 Å². The molecule has 0 fully saturated rings. The number of aromatic hydroxyl groups is 2. The minimum Gasteiger partial charge on any atom is -0.507 e. The van der Waals surface area contributed by atoms with Crippen molar-refractivity contribution in [2.75, 3.05) is 0 Å². The fourth-order valence-electron chi connectivity index (χ4n) is 4.70. The molecule has 144 valence electrons. The summed E-state index contributed by atoms with van der Waals surface area (Å²) >= 11 is 0. The Kier molecular flexibility index (Phi) is 5.37. The van der Waals surface area contributed by atoms with Gasteiger partial charge in [0.15, 0.2) is 0 Å². The van der Waals surface area contributed by atoms with Crippen molar-refractivity contribution in [3.05, 3.63) is 68.8 Å². The number of aryl methyl sites for hydroxylation is 4. The van der Waals surface area contributed by atoms with E-state index in [2.05, 4.69) is 39.8 Å². The molecule has 2 N–H and O–H groups in total. The van der Waals surface area contributed by atoms with Crippen LogP contribution in [0.1, 0.15) is 72.4 Å². The number of phenolic OH excluding ortho intramolecular Hbond substituents is 2. The molecule has 0 saturated carbocycles. The number of phenols is 2. The van der Waals surface area contributed by atoms with Crippen LogP contribution in [0.5, 0.6) is 11.5 Å². The van der Waals surface area contributed by atoms with E-state index in [1.807, 2.05) is 26.0 Å². The zero-order valence-electron chi connectivity index (χ0n) is 17.5. The zero-order valence-corrected chi connectivity index (χ0v) is 17.5. The van der Waals surface area contributed by atoms with Gasteiger partial charge < -0.3 is 10.2 Å². The zero-order chi connectivity index (χ0) is 19.9. The van der Waals surface area contributed by atoms with Gasteiger partial charge in [-0.05, 0) is 77.8 Å². The summed E-state index contributed by atoms with van der Waals surface area (Å²) in [5.41, 5.74) is 8.93. The van der Waals surface area contributed by atoms with Crippen LogP contribution < -0.4 is 0 Å². The van der Waals surface area contributed by atoms with Gasteiger partial charge in [0.2, 0.25) is 0 Å². The summed E-state index contributed by atoms with van der Waals surface area (Å²) in [5.74, 6) is 1.10. The van der Waals surface area contributed by atoms with Gasteiger partial charge in [0, 0.05) is 17.0 Å². The Morgan fingerprint density at radius 1 is 0.741 bits per heavy atom. The number of hydrogen-bond acceptors (Lipinski definition) is 2. The Morgan fingerprint density at radius 3 is 1.67 bits per heavy atom. The Balaban J connectivity index is 2.23. The van der Waals surface area contributed by atoms with Gasteiger partial charge in [0.05, 0.1) is 0 Å². The van der Waals surface area contributed by atoms with Crippen LogP contribution in [0, 0.1) is 33.6 Å². The molecule has 0 amide bonds. The predicted octanol–water partition coefficient (Wildman–Crippen LogP) is 6.60. The second-order valence-electron chi connectivity index (χ2n) is 8.58. The van der Waals surface area contributed by atoms with E-state index in [1.54, 1.807) is 0 Å². The minimum absolute atomic E-state index is 0.00903. The number of rotatable bonds is 3. The highest BCUT2D eigenvalue weighted by molar-refractivity contribution is 5.54. The number of benzene rings is 2. The molecule has 3 rings (SSSR count). The van der Waals surface area contributed by atoms with Gasteiger partial charge in [0.1, 0.15) is 11.5 Å². The number of hydrogen-bond donors (Lipinski definition) is 2. The van der Waals surface area contributed by atoms with Crippen molar-refractivity contribution < 1.29 is 10.2 Å². The maximum absolute atomic E-state index is 10.9. The highest BCUT2D eigenvalue weighted by Crippen LogP contribution is 2.48. The molecule has 1 unspecified atom stereocenters. The molecule has 1 atom stereocenters. The minimum atomic E-state index is -0.00903. The largest absolute Gasteiger partial charge is 0.507 e. The molecule has 2 nitrogen and oxygen atoms in total. The lowest BCUT2D eigenvalue weighted by atomic mass is 9.71. The van der Waals surface area contributed by atoms with Crippen LogP contribution in [0.15, 0.2) is 35.4 Å². The highest BCUT2D eigenvalue weighted by Gasteiger charge is 2.32. The Morgan fingerprint density at radius 2 is 1.22 bits per heavy atom. The lowest BCUT2D eigenvalue weighted by Gasteiger charge is -2.34. The van der Waals surface area contributed by atoms with Gasteiger partial charge in [-0.1, -0.05) is 46.5 Å². The van der Waals surface area contributed by atoms with Crippen molar-refractivity contribution in [1.29, 1.82) is 0 Å². The van der Waals surface area contributed by atoms with Crippen LogP contribution in [0.25, 0.3) is 0 Å². The van der Waals surface area contributed by atoms with Crippen LogP contribution >= 0.6 is 0 Å². The lowest BCUT2D eigenvalue weighted by Crippen LogP contribution is -2.19. The summed E-state index contributed by atoms with van der Waals surface area (Å²) in [7, 11) is 0. The molecular formula is C25H32O2. The van der Waals surface area contributed by atoms with E-state index in [0.717, 1.165) is 52.6 Å². The molecule has 0 spiro atoms. The van der Waals surface area contributed by atoms with Crippen molar-refractivity contribution in [1.82, 2.24) is 0 Å². The van der Waals surface area contributed by atoms with Crippen molar-refractivity contribution in [2.45, 2.75) is 66.7 Å². The topological polar surface area (TPSA) is 40.5 Å². The van der Waals surface area contributed by atoms with Crippen molar-refractivity contribution >= 4 is 0 Å². The van der Waals surface area contributed by atoms with E-state index < -0.39 is 0 Å². The third-order valence-electron chi connectivity index (χ3n) is 6.28. The summed E-state index contributed by atoms with van der Waals surface area (Å²) in [6.07, 6.45) is 3.17. The summed E-state index contributed by atoms with van der Waals surface area (Å²) < 4.78 is 0. The third-order valence-corrected chi connectivity index (χ3v) is 6.28. The van der Waals surface area contributed by atoms with Crippen molar-refractivity contribution in [3.8, 4) is 11.5 Å². The SMILES string of the molecule is CC1=C(C)CC(C(c2cc(C)cc(C)c2O)c2cc(C)cc(C)c2O)CC1. The van der Waals surface area contributed by atoms with Gasteiger partial charge in [-0.2, -0.15) is 0 Å². The van der Waals surface area contributed by atoms with E-state index >= 15 is 0 Å². The van der Waals surface area contributed by atoms with Crippen LogP contribution in [0.4, 0.5) is 0 Å². The second-order valence-corrected chi connectivity index (χ2v) is 8.58. The smallest absolute Gasteiger partial charge is 0.122 e. The first-order valence-corrected chi connectivity index (χ1v) is 9.94. The third kappa shape index (κ3) is 3.76. The van der Waals surface area contributed by atoms with Gasteiger partial charge >= 0.3 is 0 Å². The Hall–Kier alpha value is -2.22. The molecule has 0 radical (unpaired) electrons. The summed E-state index contributed by atoms with van der Waals surface area (Å²) in [6, 6.07) is 8.25. The van der Waals surface area contributed by atoms with E-state index in [9.17, 15) is 10.2 Å². The standard InChI is InChI=1S/C25H32O2/c1-14-9-18(5)24(26)21(11-14)23(20-8-7-16(3)17(4)13-20)22-12-15(2)10-19(6)25(22)27/h9-12,20,23,26-27H,7-8,13H2,1-6H3. The molecule has 0 bridgehead atoms. The molecule has 2 aromatic rings. The van der Waals surface area contributed by atoms with Crippen LogP contribution in [-0.2, 0) is 0 Å². The van der Waals surface area contributed by atoms with Gasteiger partial charge in [-0.25, -0.2) is 0 Å². The first kappa shape index (κ1) is 19.5. The average Bonchev–Trinajstić information content (AvgIpc) is 2.59. The van der Waals surface area contributed by atoms with E-state index in [-0.39, 0.29) is 5.92 Å². The normalized spacial score (nSPS) is 17.7. The summed E-state index contributed by atoms with van der Waals surface area (Å²) in [4.78, 5) is 0. The molecule has 0 aromatic heterocycles. The molecule has 0 heterocycles. The van der Waals surface area contributed by atoms with Crippen LogP contribution in [-0.4, -0.2) is 10.2 Å². The van der Waals surface area contributed by atoms with E-state index in [1.165, 1.54) is 11.1 Å². The Labute approximate surface area is 163 Å². The fraction of sp³-hybridized carbons (Fsp3) is 0.440. The first-order chi connectivity index (χ1) is 12.7. The molecule has 0 saturated heterocycles. The summed E-state index contributed by atoms with van der Waals surface area (Å²) in [5, 5.41) is 21.9. The molecule has 1 aliphatic carbocycles. The van der Waals surface area contributed by atoms with Gasteiger partial charge in [-0.15, -0.1) is 0 Å². The van der Waals surface area contributed by atoms with Crippen molar-refractivity contribution in [3.63, 3.8) is 0 Å². The quantitative estimate of drug-likeness (QED) is 0.602. The average molecular weight is 365 g/mol. The molecule has 2 aromatic carbocycles. The maximum Gasteiger partial charge on any atom is 0.122 e. The molecular weight excluding hydrogens is 332 g/mol. The summed E-state index contributed by atoms with van der Waals surface area (Å²) in [6.45, 7) is 12.5. The monoisotopic (exact) mass is 364 g/mol. The van der Waals surface area contributed by atoms with Crippen LogP contribution in [0.2, 0.25) is 0 Å². The molecule has 0 aliphatic heterocycles. The lowest BCUT2D eigenvalue weighted by molar-refractivity contribution is 0.378. The molecule has 2 heteroatoms. The van der Waals surface area contributed by atoms with Gasteiger partial charge in [0.25, 0.3) is 0 Å². The highest BCUT2D eigenvalue weighted by atomic mass is 16.3. The predicted molar refractivity (Wildman–Crippen MR) is 113 cm³/mol. The molecule has 27 heavy (non-hydrogen) atoms. The number of allylic oxidation sites excluding steroid dienone is 2. The van der Waals surface area contributed by atoms with Gasteiger partial charge in [-0.3, -0.25) is 0 Å². The Bertz CT molecular complexity index is 848. The van der Waals surface area contributed by atoms with E-state index in [4.69, 9.17) is 0 Å². The van der Waals surface area contributed by atoms with Crippen molar-refractivity contribution in [2.24, 2.45) is 5.92 Å². The maximum atomic E-state index is 10.9.